The van der Waals surface area contributed by atoms with Crippen LogP contribution < -0.4 is 0 Å². The van der Waals surface area contributed by atoms with Gasteiger partial charge in [-0.2, -0.15) is 13.2 Å². The third-order valence-electron chi connectivity index (χ3n) is 2.16. The molecule has 2 atom stereocenters. The summed E-state index contributed by atoms with van der Waals surface area (Å²) in [5.74, 6) is -1.81. The molecule has 1 saturated heterocycles. The van der Waals surface area contributed by atoms with Crippen LogP contribution in [0.1, 0.15) is 11.7 Å². The van der Waals surface area contributed by atoms with E-state index in [9.17, 15) is 18.0 Å². The lowest BCUT2D eigenvalue weighted by Gasteiger charge is -2.00. The average molecular weight is 216 g/mol. The van der Waals surface area contributed by atoms with Crippen LogP contribution in [-0.4, -0.2) is 18.1 Å². The van der Waals surface area contributed by atoms with E-state index in [1.54, 1.807) is 30.3 Å². The number of carbonyl (C=O) groups excluding carboxylic acids is 1. The standard InChI is InChI=1S/C10H7F3O2/c11-10(12,13)9(14)8-7(15-8)6-4-2-1-3-5-6/h1-5,7-8H/t7-,8+/m1/s1. The molecule has 0 N–H and O–H groups in total. The number of hydrogen-bond acceptors (Lipinski definition) is 2. The first-order valence-electron chi connectivity index (χ1n) is 4.31. The minimum Gasteiger partial charge on any atom is -0.356 e. The van der Waals surface area contributed by atoms with Gasteiger partial charge in [-0.3, -0.25) is 4.79 Å². The van der Waals surface area contributed by atoms with E-state index in [2.05, 4.69) is 0 Å². The van der Waals surface area contributed by atoms with E-state index in [1.807, 2.05) is 0 Å². The van der Waals surface area contributed by atoms with E-state index < -0.39 is 24.2 Å². The van der Waals surface area contributed by atoms with Gasteiger partial charge in [0.15, 0.2) is 6.10 Å². The van der Waals surface area contributed by atoms with E-state index >= 15 is 0 Å². The number of rotatable bonds is 2. The number of ether oxygens (including phenoxy) is 1. The van der Waals surface area contributed by atoms with Crippen LogP contribution in [0.15, 0.2) is 30.3 Å². The second kappa shape index (κ2) is 3.34. The summed E-state index contributed by atoms with van der Waals surface area (Å²) in [6, 6.07) is 8.38. The Morgan fingerprint density at radius 2 is 1.80 bits per heavy atom. The summed E-state index contributed by atoms with van der Waals surface area (Å²) < 4.78 is 40.7. The quantitative estimate of drug-likeness (QED) is 0.709. The summed E-state index contributed by atoms with van der Waals surface area (Å²) in [7, 11) is 0. The first-order chi connectivity index (χ1) is 7.00. The fraction of sp³-hybridized carbons (Fsp3) is 0.300. The highest BCUT2D eigenvalue weighted by Gasteiger charge is 2.56. The van der Waals surface area contributed by atoms with Gasteiger partial charge in [-0.15, -0.1) is 0 Å². The predicted molar refractivity (Wildman–Crippen MR) is 45.1 cm³/mol. The molecule has 0 saturated carbocycles. The summed E-state index contributed by atoms with van der Waals surface area (Å²) in [4.78, 5) is 10.8. The predicted octanol–water partition coefficient (Wildman–Crippen LogP) is 2.26. The number of ketones is 1. The van der Waals surface area contributed by atoms with Crippen molar-refractivity contribution in [1.82, 2.24) is 0 Å². The number of hydrogen-bond donors (Lipinski definition) is 0. The van der Waals surface area contributed by atoms with Gasteiger partial charge >= 0.3 is 6.18 Å². The van der Waals surface area contributed by atoms with Crippen molar-refractivity contribution >= 4 is 5.78 Å². The second-order valence-corrected chi connectivity index (χ2v) is 3.25. The molecule has 0 spiro atoms. The first-order valence-corrected chi connectivity index (χ1v) is 4.31. The number of epoxide rings is 1. The maximum atomic E-state index is 12.0. The van der Waals surface area contributed by atoms with Crippen LogP contribution in [0.2, 0.25) is 0 Å². The van der Waals surface area contributed by atoms with Crippen LogP contribution in [0, 0.1) is 0 Å². The molecule has 0 bridgehead atoms. The summed E-state index contributed by atoms with van der Waals surface area (Å²) in [5, 5.41) is 0. The van der Waals surface area contributed by atoms with Crippen LogP contribution in [-0.2, 0) is 9.53 Å². The lowest BCUT2D eigenvalue weighted by Crippen LogP contribution is -2.27. The van der Waals surface area contributed by atoms with Crippen LogP contribution in [0.3, 0.4) is 0 Å². The van der Waals surface area contributed by atoms with Gasteiger partial charge in [0.05, 0.1) is 0 Å². The molecule has 2 nitrogen and oxygen atoms in total. The molecule has 1 aliphatic rings. The molecule has 1 fully saturated rings. The Morgan fingerprint density at radius 1 is 1.20 bits per heavy atom. The Hall–Kier alpha value is -1.36. The Bertz CT molecular complexity index is 372. The molecule has 15 heavy (non-hydrogen) atoms. The Morgan fingerprint density at radius 3 is 2.33 bits per heavy atom. The Kier molecular flexibility index (Phi) is 2.26. The minimum atomic E-state index is -4.81. The molecular formula is C10H7F3O2. The van der Waals surface area contributed by atoms with E-state index in [1.165, 1.54) is 0 Å². The van der Waals surface area contributed by atoms with Crippen LogP contribution in [0.5, 0.6) is 0 Å². The van der Waals surface area contributed by atoms with Crippen molar-refractivity contribution in [1.29, 1.82) is 0 Å². The molecule has 1 heterocycles. The van der Waals surface area contributed by atoms with Crippen molar-refractivity contribution in [3.05, 3.63) is 35.9 Å². The molecule has 0 aromatic heterocycles. The van der Waals surface area contributed by atoms with Crippen molar-refractivity contribution in [2.75, 3.05) is 0 Å². The molecule has 0 aliphatic carbocycles. The second-order valence-electron chi connectivity index (χ2n) is 3.25. The van der Waals surface area contributed by atoms with Gasteiger partial charge in [0.25, 0.3) is 5.78 Å². The highest BCUT2D eigenvalue weighted by Crippen LogP contribution is 2.42. The summed E-state index contributed by atoms with van der Waals surface area (Å²) in [5.41, 5.74) is 0.597. The third kappa shape index (κ3) is 2.02. The fourth-order valence-electron chi connectivity index (χ4n) is 1.37. The van der Waals surface area contributed by atoms with Gasteiger partial charge in [-0.1, -0.05) is 30.3 Å². The SMILES string of the molecule is O=C([C@H]1O[C@@H]1c1ccccc1)C(F)(F)F. The van der Waals surface area contributed by atoms with E-state index in [0.717, 1.165) is 0 Å². The number of halogens is 3. The highest BCUT2D eigenvalue weighted by molar-refractivity contribution is 5.90. The summed E-state index contributed by atoms with van der Waals surface area (Å²) in [6.45, 7) is 0. The first kappa shape index (κ1) is 10.2. The van der Waals surface area contributed by atoms with Crippen LogP contribution in [0.4, 0.5) is 13.2 Å². The summed E-state index contributed by atoms with van der Waals surface area (Å²) >= 11 is 0. The summed E-state index contributed by atoms with van der Waals surface area (Å²) in [6.07, 6.45) is -6.90. The van der Waals surface area contributed by atoms with Gasteiger partial charge in [-0.25, -0.2) is 0 Å². The molecule has 0 radical (unpaired) electrons. The van der Waals surface area contributed by atoms with E-state index in [0.29, 0.717) is 5.56 Å². The number of benzene rings is 1. The van der Waals surface area contributed by atoms with Crippen molar-refractivity contribution < 1.29 is 22.7 Å². The van der Waals surface area contributed by atoms with Gasteiger partial charge in [0.2, 0.25) is 0 Å². The maximum absolute atomic E-state index is 12.0. The van der Waals surface area contributed by atoms with Crippen molar-refractivity contribution in [3.8, 4) is 0 Å². The smallest absolute Gasteiger partial charge is 0.356 e. The van der Waals surface area contributed by atoms with Crippen molar-refractivity contribution in [2.45, 2.75) is 18.4 Å². The zero-order valence-electron chi connectivity index (χ0n) is 7.49. The molecular weight excluding hydrogens is 209 g/mol. The zero-order chi connectivity index (χ0) is 11.1. The maximum Gasteiger partial charge on any atom is 0.452 e. The Labute approximate surface area is 83.7 Å². The molecule has 0 unspecified atom stereocenters. The number of alkyl halides is 3. The molecule has 5 heteroatoms. The Balaban J connectivity index is 2.06. The normalized spacial score (nSPS) is 25.0. The largest absolute Gasteiger partial charge is 0.452 e. The lowest BCUT2D eigenvalue weighted by atomic mass is 10.1. The molecule has 0 amide bonds. The van der Waals surface area contributed by atoms with Gasteiger partial charge in [0.1, 0.15) is 6.10 Å². The van der Waals surface area contributed by atoms with Crippen LogP contribution >= 0.6 is 0 Å². The lowest BCUT2D eigenvalue weighted by molar-refractivity contribution is -0.172. The monoisotopic (exact) mass is 216 g/mol. The van der Waals surface area contributed by atoms with Gasteiger partial charge < -0.3 is 4.74 Å². The van der Waals surface area contributed by atoms with Crippen molar-refractivity contribution in [2.24, 2.45) is 0 Å². The fourth-order valence-corrected chi connectivity index (χ4v) is 1.37. The van der Waals surface area contributed by atoms with E-state index in [4.69, 9.17) is 4.74 Å². The third-order valence-corrected chi connectivity index (χ3v) is 2.16. The van der Waals surface area contributed by atoms with Gasteiger partial charge in [0, 0.05) is 0 Å². The molecule has 1 aliphatic heterocycles. The number of Topliss-reactive ketones (excluding diaryl/α,β-unsaturated/α-hetero) is 1. The number of carbonyl (C=O) groups is 1. The van der Waals surface area contributed by atoms with Crippen molar-refractivity contribution in [3.63, 3.8) is 0 Å². The molecule has 2 rings (SSSR count). The van der Waals surface area contributed by atoms with Gasteiger partial charge in [-0.05, 0) is 5.56 Å². The zero-order valence-corrected chi connectivity index (χ0v) is 7.49. The molecule has 1 aromatic carbocycles. The molecule has 1 aromatic rings. The molecule has 80 valence electrons. The van der Waals surface area contributed by atoms with Crippen LogP contribution in [0.25, 0.3) is 0 Å². The topological polar surface area (TPSA) is 29.6 Å². The highest BCUT2D eigenvalue weighted by atomic mass is 19.4. The average Bonchev–Trinajstić information content (AvgIpc) is 2.96. The minimum absolute atomic E-state index is 0.597. The van der Waals surface area contributed by atoms with E-state index in [-0.39, 0.29) is 0 Å².